The van der Waals surface area contributed by atoms with E-state index in [1.807, 2.05) is 6.92 Å². The Labute approximate surface area is 161 Å². The quantitative estimate of drug-likeness (QED) is 0.687. The molecule has 0 saturated carbocycles. The third-order valence-corrected chi connectivity index (χ3v) is 4.93. The van der Waals surface area contributed by atoms with Crippen molar-refractivity contribution in [2.24, 2.45) is 14.1 Å². The molecular formula is C18H15BrFN5O2. The lowest BCUT2D eigenvalue weighted by molar-refractivity contribution is 0.628. The van der Waals surface area contributed by atoms with E-state index in [2.05, 4.69) is 32.3 Å². The highest BCUT2D eigenvalue weighted by Gasteiger charge is 2.23. The van der Waals surface area contributed by atoms with Crippen LogP contribution in [0.2, 0.25) is 0 Å². The van der Waals surface area contributed by atoms with E-state index < -0.39 is 17.1 Å². The zero-order valence-electron chi connectivity index (χ0n) is 14.8. The average molecular weight is 432 g/mol. The number of halogens is 2. The highest BCUT2D eigenvalue weighted by Crippen LogP contribution is 2.37. The molecule has 0 fully saturated rings. The first-order valence-corrected chi connectivity index (χ1v) is 8.84. The summed E-state index contributed by atoms with van der Waals surface area (Å²) in [6.45, 7) is 2.30. The van der Waals surface area contributed by atoms with Crippen molar-refractivity contribution in [2.45, 2.75) is 6.92 Å². The summed E-state index contributed by atoms with van der Waals surface area (Å²) in [4.78, 5) is 29.6. The maximum Gasteiger partial charge on any atom is 0.332 e. The van der Waals surface area contributed by atoms with Gasteiger partial charge in [-0.2, -0.15) is 5.26 Å². The molecule has 0 bridgehead atoms. The van der Waals surface area contributed by atoms with Gasteiger partial charge in [0.25, 0.3) is 5.56 Å². The summed E-state index contributed by atoms with van der Waals surface area (Å²) in [7, 11) is 2.84. The van der Waals surface area contributed by atoms with E-state index in [1.165, 1.54) is 36.9 Å². The SMILES string of the molecule is CCNc1nc2c(c(-c3cc(F)ccc3Br)c1C#N)c(=O)n(C)c(=O)n2C. The van der Waals surface area contributed by atoms with Crippen molar-refractivity contribution in [2.75, 3.05) is 11.9 Å². The molecule has 0 aliphatic heterocycles. The molecule has 0 aliphatic rings. The van der Waals surface area contributed by atoms with Crippen molar-refractivity contribution in [3.63, 3.8) is 0 Å². The zero-order valence-corrected chi connectivity index (χ0v) is 16.4. The first-order chi connectivity index (χ1) is 12.8. The van der Waals surface area contributed by atoms with Crippen LogP contribution in [-0.4, -0.2) is 20.7 Å². The van der Waals surface area contributed by atoms with Crippen molar-refractivity contribution in [1.29, 1.82) is 5.26 Å². The summed E-state index contributed by atoms with van der Waals surface area (Å²) < 4.78 is 16.6. The second-order valence-electron chi connectivity index (χ2n) is 5.88. The van der Waals surface area contributed by atoms with Gasteiger partial charge in [0.05, 0.1) is 5.39 Å². The molecule has 9 heteroatoms. The van der Waals surface area contributed by atoms with Crippen LogP contribution in [-0.2, 0) is 14.1 Å². The predicted molar refractivity (Wildman–Crippen MR) is 104 cm³/mol. The Bertz CT molecular complexity index is 1240. The van der Waals surface area contributed by atoms with Gasteiger partial charge in [0.1, 0.15) is 23.3 Å². The molecule has 2 aromatic heterocycles. The number of rotatable bonds is 3. The summed E-state index contributed by atoms with van der Waals surface area (Å²) in [5.41, 5.74) is -0.381. The molecule has 0 radical (unpaired) electrons. The second-order valence-corrected chi connectivity index (χ2v) is 6.74. The molecule has 3 rings (SSSR count). The average Bonchev–Trinajstić information content (AvgIpc) is 2.65. The molecule has 7 nitrogen and oxygen atoms in total. The number of hydrogen-bond acceptors (Lipinski definition) is 5. The Kier molecular flexibility index (Phi) is 4.85. The van der Waals surface area contributed by atoms with Gasteiger partial charge in [-0.05, 0) is 25.1 Å². The summed E-state index contributed by atoms with van der Waals surface area (Å²) in [6.07, 6.45) is 0. The Hall–Kier alpha value is -2.99. The maximum atomic E-state index is 14.0. The topological polar surface area (TPSA) is 92.7 Å². The van der Waals surface area contributed by atoms with Crippen LogP contribution in [0.4, 0.5) is 10.2 Å². The van der Waals surface area contributed by atoms with Gasteiger partial charge in [-0.15, -0.1) is 0 Å². The molecule has 3 aromatic rings. The first-order valence-electron chi connectivity index (χ1n) is 8.04. The number of nitriles is 1. The number of hydrogen-bond donors (Lipinski definition) is 1. The first kappa shape index (κ1) is 18.8. The lowest BCUT2D eigenvalue weighted by Crippen LogP contribution is -2.37. The molecule has 0 spiro atoms. The lowest BCUT2D eigenvalue weighted by Gasteiger charge is -2.16. The number of anilines is 1. The molecule has 1 N–H and O–H groups in total. The minimum Gasteiger partial charge on any atom is -0.369 e. The summed E-state index contributed by atoms with van der Waals surface area (Å²) in [5.74, 6) is -0.296. The van der Waals surface area contributed by atoms with E-state index in [9.17, 15) is 19.2 Å². The van der Waals surface area contributed by atoms with Gasteiger partial charge in [-0.3, -0.25) is 13.9 Å². The fourth-order valence-electron chi connectivity index (χ4n) is 2.95. The fourth-order valence-corrected chi connectivity index (χ4v) is 3.40. The number of pyridine rings is 1. The minimum atomic E-state index is -0.605. The summed E-state index contributed by atoms with van der Waals surface area (Å²) in [5, 5.41) is 12.8. The van der Waals surface area contributed by atoms with Gasteiger partial charge in [0.2, 0.25) is 0 Å². The predicted octanol–water partition coefficient (Wildman–Crippen LogP) is 2.50. The molecule has 0 amide bonds. The summed E-state index contributed by atoms with van der Waals surface area (Å²) >= 11 is 3.36. The van der Waals surface area contributed by atoms with Gasteiger partial charge in [-0.1, -0.05) is 15.9 Å². The fraction of sp³-hybridized carbons (Fsp3) is 0.222. The standard InChI is InChI=1S/C18H15BrFN5O2/c1-4-22-15-11(8-21)13(10-7-9(20)5-6-12(10)19)14-16(23-15)24(2)18(27)25(3)17(14)26/h5-7H,4H2,1-3H3,(H,22,23). The van der Waals surface area contributed by atoms with Crippen LogP contribution in [0.25, 0.3) is 22.2 Å². The van der Waals surface area contributed by atoms with E-state index in [-0.39, 0.29) is 28.0 Å². The molecule has 2 heterocycles. The lowest BCUT2D eigenvalue weighted by atomic mass is 9.97. The maximum absolute atomic E-state index is 14.0. The van der Waals surface area contributed by atoms with E-state index in [0.717, 1.165) is 4.57 Å². The zero-order chi connectivity index (χ0) is 19.9. The number of benzene rings is 1. The van der Waals surface area contributed by atoms with Gasteiger partial charge < -0.3 is 5.32 Å². The third kappa shape index (κ3) is 2.92. The number of nitrogens with zero attached hydrogens (tertiary/aromatic N) is 4. The molecule has 27 heavy (non-hydrogen) atoms. The molecule has 0 unspecified atom stereocenters. The van der Waals surface area contributed by atoms with Crippen LogP contribution >= 0.6 is 15.9 Å². The second kappa shape index (κ2) is 6.96. The molecular weight excluding hydrogens is 417 g/mol. The Morgan fingerprint density at radius 1 is 1.30 bits per heavy atom. The Balaban J connectivity index is 2.69. The highest BCUT2D eigenvalue weighted by molar-refractivity contribution is 9.10. The highest BCUT2D eigenvalue weighted by atomic mass is 79.9. The van der Waals surface area contributed by atoms with Crippen molar-refractivity contribution in [1.82, 2.24) is 14.1 Å². The smallest absolute Gasteiger partial charge is 0.332 e. The largest absolute Gasteiger partial charge is 0.369 e. The van der Waals surface area contributed by atoms with E-state index in [4.69, 9.17) is 0 Å². The molecule has 0 saturated heterocycles. The van der Waals surface area contributed by atoms with E-state index in [0.29, 0.717) is 16.6 Å². The Morgan fingerprint density at radius 3 is 2.63 bits per heavy atom. The molecule has 0 atom stereocenters. The number of nitrogens with one attached hydrogen (secondary N) is 1. The van der Waals surface area contributed by atoms with Gasteiger partial charge in [-0.25, -0.2) is 14.2 Å². The molecule has 0 aliphatic carbocycles. The van der Waals surface area contributed by atoms with Crippen LogP contribution in [0.5, 0.6) is 0 Å². The normalized spacial score (nSPS) is 10.8. The van der Waals surface area contributed by atoms with Crippen molar-refractivity contribution >= 4 is 32.8 Å². The molecule has 1 aromatic carbocycles. The number of aromatic nitrogens is 3. The van der Waals surface area contributed by atoms with Crippen LogP contribution in [0.15, 0.2) is 32.3 Å². The Morgan fingerprint density at radius 2 is 2.00 bits per heavy atom. The van der Waals surface area contributed by atoms with Gasteiger partial charge in [0, 0.05) is 36.2 Å². The van der Waals surface area contributed by atoms with Crippen molar-refractivity contribution in [3.8, 4) is 17.2 Å². The van der Waals surface area contributed by atoms with Gasteiger partial charge >= 0.3 is 5.69 Å². The van der Waals surface area contributed by atoms with Gasteiger partial charge in [0.15, 0.2) is 5.65 Å². The minimum absolute atomic E-state index is 0.0732. The summed E-state index contributed by atoms with van der Waals surface area (Å²) in [6, 6.07) is 6.06. The van der Waals surface area contributed by atoms with Crippen LogP contribution < -0.4 is 16.6 Å². The van der Waals surface area contributed by atoms with E-state index >= 15 is 0 Å². The third-order valence-electron chi connectivity index (χ3n) is 4.24. The van der Waals surface area contributed by atoms with Crippen LogP contribution in [0.1, 0.15) is 12.5 Å². The monoisotopic (exact) mass is 431 g/mol. The van der Waals surface area contributed by atoms with Crippen molar-refractivity contribution in [3.05, 3.63) is 54.9 Å². The number of aryl methyl sites for hydroxylation is 1. The van der Waals surface area contributed by atoms with Crippen molar-refractivity contribution < 1.29 is 4.39 Å². The van der Waals surface area contributed by atoms with E-state index in [1.54, 1.807) is 0 Å². The van der Waals surface area contributed by atoms with Crippen LogP contribution in [0, 0.1) is 17.1 Å². The van der Waals surface area contributed by atoms with Crippen LogP contribution in [0.3, 0.4) is 0 Å². The number of fused-ring (bicyclic) bond motifs is 1. The molecule has 138 valence electrons.